The summed E-state index contributed by atoms with van der Waals surface area (Å²) in [6, 6.07) is 19.3. The molecule has 202 valence electrons. The zero-order valence-electron chi connectivity index (χ0n) is 20.7. The summed E-state index contributed by atoms with van der Waals surface area (Å²) in [6.45, 7) is 3.21. The summed E-state index contributed by atoms with van der Waals surface area (Å²) in [6.07, 6.45) is 1.47. The van der Waals surface area contributed by atoms with E-state index < -0.39 is 22.5 Å². The molecule has 0 unspecified atom stereocenters. The monoisotopic (exact) mass is 622 g/mol. The minimum atomic E-state index is -4.14. The number of benzene rings is 3. The van der Waals surface area contributed by atoms with Gasteiger partial charge >= 0.3 is 0 Å². The van der Waals surface area contributed by atoms with Crippen molar-refractivity contribution in [1.82, 2.24) is 9.99 Å². The van der Waals surface area contributed by atoms with Crippen LogP contribution in [0.2, 0.25) is 20.1 Å². The summed E-state index contributed by atoms with van der Waals surface area (Å²) in [5.41, 5.74) is 5.63. The van der Waals surface area contributed by atoms with Gasteiger partial charge in [-0.1, -0.05) is 70.7 Å². The predicted molar refractivity (Wildman–Crippen MR) is 158 cm³/mol. The third-order valence-electron chi connectivity index (χ3n) is 5.83. The maximum atomic E-state index is 13.5. The van der Waals surface area contributed by atoms with Crippen LogP contribution >= 0.6 is 46.4 Å². The van der Waals surface area contributed by atoms with Crippen molar-refractivity contribution in [2.45, 2.75) is 18.7 Å². The van der Waals surface area contributed by atoms with Crippen LogP contribution in [-0.2, 0) is 14.8 Å². The third-order valence-corrected chi connectivity index (χ3v) is 8.95. The summed E-state index contributed by atoms with van der Waals surface area (Å²) in [7, 11) is -4.14. The van der Waals surface area contributed by atoms with E-state index in [1.54, 1.807) is 30.3 Å². The molecule has 0 saturated heterocycles. The summed E-state index contributed by atoms with van der Waals surface area (Å²) >= 11 is 24.9. The van der Waals surface area contributed by atoms with Gasteiger partial charge in [-0.25, -0.2) is 13.8 Å². The number of carbonyl (C=O) groups excluding carboxylic acids is 1. The van der Waals surface area contributed by atoms with Crippen LogP contribution in [0.1, 0.15) is 17.0 Å². The lowest BCUT2D eigenvalue weighted by Gasteiger charge is -2.24. The lowest BCUT2D eigenvalue weighted by Crippen LogP contribution is -2.39. The molecule has 1 heterocycles. The van der Waals surface area contributed by atoms with Gasteiger partial charge in [0, 0.05) is 22.0 Å². The molecule has 1 aromatic heterocycles. The molecular formula is C27H22Cl4N4O3S. The number of sulfonamides is 1. The van der Waals surface area contributed by atoms with Gasteiger partial charge < -0.3 is 4.57 Å². The number of halogens is 4. The molecule has 0 fully saturated rings. The van der Waals surface area contributed by atoms with Crippen LogP contribution in [0.4, 0.5) is 5.69 Å². The van der Waals surface area contributed by atoms with Gasteiger partial charge in [-0.05, 0) is 62.4 Å². The van der Waals surface area contributed by atoms with Crippen molar-refractivity contribution in [1.29, 1.82) is 0 Å². The van der Waals surface area contributed by atoms with E-state index in [-0.39, 0.29) is 15.6 Å². The largest absolute Gasteiger partial charge is 0.316 e. The average Bonchev–Trinajstić information content (AvgIpc) is 3.17. The van der Waals surface area contributed by atoms with Gasteiger partial charge in [-0.3, -0.25) is 9.10 Å². The Hall–Kier alpha value is -3.01. The van der Waals surface area contributed by atoms with Crippen molar-refractivity contribution in [3.8, 4) is 5.69 Å². The topological polar surface area (TPSA) is 83.8 Å². The van der Waals surface area contributed by atoms with Crippen LogP contribution in [0.15, 0.2) is 82.8 Å². The number of amides is 1. The molecule has 12 heteroatoms. The van der Waals surface area contributed by atoms with Crippen molar-refractivity contribution < 1.29 is 13.2 Å². The SMILES string of the molecule is Cc1cc(/C=N\NC(=O)CN(c2ccc(Cl)cc2Cl)S(=O)(=O)c2ccccc2)c(C)n1-c1cccc(Cl)c1Cl. The second-order valence-electron chi connectivity index (χ2n) is 8.45. The van der Waals surface area contributed by atoms with E-state index in [1.165, 1.54) is 36.5 Å². The van der Waals surface area contributed by atoms with E-state index in [0.717, 1.165) is 21.3 Å². The quantitative estimate of drug-likeness (QED) is 0.169. The highest BCUT2D eigenvalue weighted by molar-refractivity contribution is 7.92. The summed E-state index contributed by atoms with van der Waals surface area (Å²) in [5.74, 6) is -0.677. The van der Waals surface area contributed by atoms with Gasteiger partial charge in [0.25, 0.3) is 15.9 Å². The van der Waals surface area contributed by atoms with E-state index in [4.69, 9.17) is 46.4 Å². The molecular weight excluding hydrogens is 602 g/mol. The Kier molecular flexibility index (Phi) is 8.93. The minimum Gasteiger partial charge on any atom is -0.316 e. The van der Waals surface area contributed by atoms with E-state index in [1.807, 2.05) is 30.5 Å². The van der Waals surface area contributed by atoms with Gasteiger partial charge in [0.1, 0.15) is 6.54 Å². The van der Waals surface area contributed by atoms with Crippen LogP contribution in [-0.4, -0.2) is 31.7 Å². The normalized spacial score (nSPS) is 11.6. The fourth-order valence-electron chi connectivity index (χ4n) is 4.00. The van der Waals surface area contributed by atoms with Crippen molar-refractivity contribution in [3.05, 3.63) is 110 Å². The highest BCUT2D eigenvalue weighted by Gasteiger charge is 2.28. The first kappa shape index (κ1) is 29.0. The van der Waals surface area contributed by atoms with Gasteiger partial charge in [-0.2, -0.15) is 5.10 Å². The van der Waals surface area contributed by atoms with Crippen molar-refractivity contribution >= 4 is 74.2 Å². The average molecular weight is 624 g/mol. The maximum absolute atomic E-state index is 13.5. The summed E-state index contributed by atoms with van der Waals surface area (Å²) in [5, 5.41) is 5.30. The molecule has 0 spiro atoms. The fraction of sp³-hybridized carbons (Fsp3) is 0.111. The molecule has 3 aromatic carbocycles. The second-order valence-corrected chi connectivity index (χ2v) is 11.9. The fourth-order valence-corrected chi connectivity index (χ4v) is 6.40. The number of hydrazone groups is 1. The number of carbonyl (C=O) groups is 1. The standard InChI is InChI=1S/C27H22Cl4N4O3S/c1-17-13-19(18(2)35(17)25-10-6-9-22(29)27(25)31)15-32-33-26(36)16-34(24-12-11-20(28)14-23(24)30)39(37,38)21-7-4-3-5-8-21/h3-15H,16H2,1-2H3,(H,33,36)/b32-15-. The molecule has 0 bridgehead atoms. The number of anilines is 1. The first-order chi connectivity index (χ1) is 18.5. The number of rotatable bonds is 8. The molecule has 1 amide bonds. The van der Waals surface area contributed by atoms with Gasteiger partial charge in [0.2, 0.25) is 0 Å². The molecule has 0 aliphatic carbocycles. The Morgan fingerprint density at radius 2 is 1.67 bits per heavy atom. The molecule has 39 heavy (non-hydrogen) atoms. The lowest BCUT2D eigenvalue weighted by molar-refractivity contribution is -0.119. The van der Waals surface area contributed by atoms with Gasteiger partial charge in [0.05, 0.1) is 37.6 Å². The van der Waals surface area contributed by atoms with Gasteiger partial charge in [-0.15, -0.1) is 0 Å². The smallest absolute Gasteiger partial charge is 0.264 e. The van der Waals surface area contributed by atoms with Crippen molar-refractivity contribution in [2.24, 2.45) is 5.10 Å². The highest BCUT2D eigenvalue weighted by atomic mass is 35.5. The molecule has 0 radical (unpaired) electrons. The Morgan fingerprint density at radius 3 is 2.36 bits per heavy atom. The number of hydrogen-bond donors (Lipinski definition) is 1. The summed E-state index contributed by atoms with van der Waals surface area (Å²) in [4.78, 5) is 12.9. The van der Waals surface area contributed by atoms with E-state index >= 15 is 0 Å². The number of nitrogens with zero attached hydrogens (tertiary/aromatic N) is 3. The zero-order valence-corrected chi connectivity index (χ0v) is 24.5. The third kappa shape index (κ3) is 6.26. The molecule has 4 rings (SSSR count). The van der Waals surface area contributed by atoms with E-state index in [0.29, 0.717) is 20.8 Å². The zero-order chi connectivity index (χ0) is 28.3. The van der Waals surface area contributed by atoms with E-state index in [2.05, 4.69) is 10.5 Å². The molecule has 0 saturated carbocycles. The van der Waals surface area contributed by atoms with E-state index in [9.17, 15) is 13.2 Å². The molecule has 7 nitrogen and oxygen atoms in total. The lowest BCUT2D eigenvalue weighted by atomic mass is 10.2. The van der Waals surface area contributed by atoms with Gasteiger partial charge in [0.15, 0.2) is 0 Å². The number of aromatic nitrogens is 1. The second kappa shape index (κ2) is 12.0. The van der Waals surface area contributed by atoms with Crippen LogP contribution in [0, 0.1) is 13.8 Å². The first-order valence-corrected chi connectivity index (χ1v) is 14.4. The molecule has 1 N–H and O–H groups in total. The number of hydrogen-bond acceptors (Lipinski definition) is 4. The number of nitrogens with one attached hydrogen (secondary N) is 1. The van der Waals surface area contributed by atoms with Crippen LogP contribution < -0.4 is 9.73 Å². The Labute approximate surface area is 246 Å². The molecule has 0 atom stereocenters. The molecule has 0 aliphatic rings. The van der Waals surface area contributed by atoms with Crippen molar-refractivity contribution in [2.75, 3.05) is 10.8 Å². The number of aryl methyl sites for hydroxylation is 1. The maximum Gasteiger partial charge on any atom is 0.264 e. The Morgan fingerprint density at radius 1 is 0.949 bits per heavy atom. The predicted octanol–water partition coefficient (Wildman–Crippen LogP) is 7.05. The van der Waals surface area contributed by atoms with Crippen LogP contribution in [0.5, 0.6) is 0 Å². The Bertz CT molecular complexity index is 1670. The first-order valence-electron chi connectivity index (χ1n) is 11.5. The molecule has 0 aliphatic heterocycles. The summed E-state index contributed by atoms with van der Waals surface area (Å²) < 4.78 is 29.8. The van der Waals surface area contributed by atoms with Crippen LogP contribution in [0.3, 0.4) is 0 Å². The highest BCUT2D eigenvalue weighted by Crippen LogP contribution is 2.33. The minimum absolute atomic E-state index is 0.000524. The van der Waals surface area contributed by atoms with Crippen LogP contribution in [0.25, 0.3) is 5.69 Å². The van der Waals surface area contributed by atoms with Crippen molar-refractivity contribution in [3.63, 3.8) is 0 Å². The Balaban J connectivity index is 1.58. The molecule has 4 aromatic rings.